The molecule has 9 heteroatoms. The molecule has 3 aromatic rings. The normalized spacial score (nSPS) is 15.2. The van der Waals surface area contributed by atoms with E-state index in [1.807, 2.05) is 36.1 Å². The molecule has 164 valence electrons. The van der Waals surface area contributed by atoms with Gasteiger partial charge in [-0.2, -0.15) is 10.2 Å². The summed E-state index contributed by atoms with van der Waals surface area (Å²) in [6.07, 6.45) is 2.25. The van der Waals surface area contributed by atoms with Crippen LogP contribution < -0.4 is 0 Å². The fourth-order valence-corrected chi connectivity index (χ4v) is 4.65. The van der Waals surface area contributed by atoms with Gasteiger partial charge in [-0.15, -0.1) is 10.2 Å². The quantitative estimate of drug-likeness (QED) is 0.558. The first-order valence-electron chi connectivity index (χ1n) is 10.6. The molecule has 1 aliphatic heterocycles. The molecule has 1 fully saturated rings. The topological polar surface area (TPSA) is 84.3 Å². The van der Waals surface area contributed by atoms with E-state index >= 15 is 0 Å². The molecule has 0 N–H and O–H groups in total. The summed E-state index contributed by atoms with van der Waals surface area (Å²) in [7, 11) is 3.85. The van der Waals surface area contributed by atoms with Crippen LogP contribution >= 0.6 is 11.3 Å². The lowest BCUT2D eigenvalue weighted by Crippen LogP contribution is -2.46. The molecule has 0 spiro atoms. The van der Waals surface area contributed by atoms with Gasteiger partial charge in [0, 0.05) is 43.7 Å². The molecule has 1 aromatic carbocycles. The highest BCUT2D eigenvalue weighted by Gasteiger charge is 2.25. The Kier molecular flexibility index (Phi) is 6.84. The Morgan fingerprint density at radius 1 is 1.19 bits per heavy atom. The smallest absolute Gasteiger partial charge is 0.228 e. The lowest BCUT2D eigenvalue weighted by atomic mass is 10.0. The maximum atomic E-state index is 12.9. The van der Waals surface area contributed by atoms with Crippen molar-refractivity contribution in [3.05, 3.63) is 35.0 Å². The predicted molar refractivity (Wildman–Crippen MR) is 121 cm³/mol. The Hall–Kier alpha value is -2.49. The molecule has 0 aliphatic carbocycles. The molecule has 1 saturated heterocycles. The van der Waals surface area contributed by atoms with Crippen molar-refractivity contribution in [2.24, 2.45) is 0 Å². The molecule has 3 heterocycles. The van der Waals surface area contributed by atoms with Crippen LogP contribution in [0, 0.1) is 6.92 Å². The predicted octanol–water partition coefficient (Wildman–Crippen LogP) is 2.57. The minimum Gasteiger partial charge on any atom is -0.383 e. The Morgan fingerprint density at radius 2 is 2.00 bits per heavy atom. The Morgan fingerprint density at radius 3 is 2.71 bits per heavy atom. The molecule has 31 heavy (non-hydrogen) atoms. The third-order valence-electron chi connectivity index (χ3n) is 5.83. The number of aryl methyl sites for hydroxylation is 1. The molecule has 0 unspecified atom stereocenters. The summed E-state index contributed by atoms with van der Waals surface area (Å²) in [5, 5.41) is 19.7. The number of amides is 1. The molecular weight excluding hydrogens is 412 g/mol. The van der Waals surface area contributed by atoms with Crippen LogP contribution in [0.4, 0.5) is 0 Å². The highest BCUT2D eigenvalue weighted by atomic mass is 32.1. The van der Waals surface area contributed by atoms with E-state index in [1.54, 1.807) is 18.4 Å². The summed E-state index contributed by atoms with van der Waals surface area (Å²) in [4.78, 5) is 17.1. The second-order valence-corrected chi connectivity index (χ2v) is 9.18. The highest BCUT2D eigenvalue weighted by molar-refractivity contribution is 7.14. The van der Waals surface area contributed by atoms with Crippen LogP contribution in [-0.2, 0) is 16.0 Å². The van der Waals surface area contributed by atoms with Crippen LogP contribution in [0.2, 0.25) is 0 Å². The first kappa shape index (κ1) is 21.7. The van der Waals surface area contributed by atoms with E-state index in [0.29, 0.717) is 11.7 Å². The van der Waals surface area contributed by atoms with Gasteiger partial charge in [-0.25, -0.2) is 0 Å². The van der Waals surface area contributed by atoms with Gasteiger partial charge in [-0.05, 0) is 51.1 Å². The fraction of sp³-hybridized carbons (Fsp3) is 0.500. The molecule has 1 amide bonds. The van der Waals surface area contributed by atoms with Crippen LogP contribution in [-0.4, -0.2) is 82.5 Å². The Bertz CT molecular complexity index is 1050. The largest absolute Gasteiger partial charge is 0.383 e. The first-order valence-corrected chi connectivity index (χ1v) is 11.4. The molecule has 1 aliphatic rings. The monoisotopic (exact) mass is 440 g/mol. The zero-order valence-electron chi connectivity index (χ0n) is 18.2. The summed E-state index contributed by atoms with van der Waals surface area (Å²) in [6, 6.07) is 8.42. The lowest BCUT2D eigenvalue weighted by molar-refractivity contribution is -0.132. The zero-order valence-corrected chi connectivity index (χ0v) is 19.1. The van der Waals surface area contributed by atoms with Crippen molar-refractivity contribution in [2.75, 3.05) is 40.4 Å². The summed E-state index contributed by atoms with van der Waals surface area (Å²) >= 11 is 1.56. The second kappa shape index (κ2) is 9.76. The van der Waals surface area contributed by atoms with Crippen LogP contribution in [0.3, 0.4) is 0 Å². The van der Waals surface area contributed by atoms with Crippen molar-refractivity contribution >= 4 is 28.1 Å². The van der Waals surface area contributed by atoms with Gasteiger partial charge in [0.25, 0.3) is 0 Å². The van der Waals surface area contributed by atoms with E-state index in [0.717, 1.165) is 65.6 Å². The fourth-order valence-electron chi connectivity index (χ4n) is 3.96. The number of fused-ring (bicyclic) bond motifs is 1. The van der Waals surface area contributed by atoms with Crippen molar-refractivity contribution in [1.29, 1.82) is 0 Å². The van der Waals surface area contributed by atoms with Gasteiger partial charge in [0.1, 0.15) is 10.0 Å². The van der Waals surface area contributed by atoms with Crippen molar-refractivity contribution < 1.29 is 9.53 Å². The number of carbonyl (C=O) groups is 1. The number of benzene rings is 1. The lowest BCUT2D eigenvalue weighted by Gasteiger charge is -2.36. The molecule has 2 aromatic heterocycles. The van der Waals surface area contributed by atoms with Gasteiger partial charge in [0.05, 0.1) is 24.2 Å². The number of aromatic nitrogens is 4. The maximum absolute atomic E-state index is 12.9. The third-order valence-corrected chi connectivity index (χ3v) is 6.72. The summed E-state index contributed by atoms with van der Waals surface area (Å²) < 4.78 is 5.17. The van der Waals surface area contributed by atoms with E-state index < -0.39 is 0 Å². The number of carbonyl (C=O) groups excluding carboxylic acids is 1. The number of nitrogens with zero attached hydrogens (tertiary/aromatic N) is 6. The van der Waals surface area contributed by atoms with Gasteiger partial charge in [0.2, 0.25) is 5.91 Å². The van der Waals surface area contributed by atoms with E-state index in [9.17, 15) is 4.79 Å². The van der Waals surface area contributed by atoms with Crippen LogP contribution in [0.1, 0.15) is 23.5 Å². The van der Waals surface area contributed by atoms with Gasteiger partial charge < -0.3 is 14.5 Å². The zero-order chi connectivity index (χ0) is 21.8. The average molecular weight is 441 g/mol. The molecule has 0 saturated carbocycles. The van der Waals surface area contributed by atoms with Gasteiger partial charge in [-0.1, -0.05) is 11.3 Å². The van der Waals surface area contributed by atoms with Gasteiger partial charge in [-0.3, -0.25) is 4.79 Å². The number of ether oxygens (including phenoxy) is 1. The summed E-state index contributed by atoms with van der Waals surface area (Å²) in [6.45, 7) is 5.15. The maximum Gasteiger partial charge on any atom is 0.228 e. The van der Waals surface area contributed by atoms with E-state index in [2.05, 4.69) is 32.3 Å². The van der Waals surface area contributed by atoms with E-state index in [1.165, 1.54) is 0 Å². The van der Waals surface area contributed by atoms with Crippen LogP contribution in [0.5, 0.6) is 0 Å². The highest BCUT2D eigenvalue weighted by Crippen LogP contribution is 2.26. The molecule has 4 rings (SSSR count). The van der Waals surface area contributed by atoms with Gasteiger partial charge in [0.15, 0.2) is 0 Å². The molecule has 0 atom stereocenters. The SMILES string of the molecule is COCCN(C)C1CCN(C(=O)Cc2cc3cc(-c4nnc(C)s4)ccc3nn2)CC1. The summed E-state index contributed by atoms with van der Waals surface area (Å²) in [5.74, 6) is 0.113. The second-order valence-electron chi connectivity index (χ2n) is 8.00. The van der Waals surface area contributed by atoms with Crippen molar-refractivity contribution in [1.82, 2.24) is 30.2 Å². The molecule has 0 radical (unpaired) electrons. The Labute approximate surface area is 186 Å². The third kappa shape index (κ3) is 5.23. The van der Waals surface area contributed by atoms with Crippen molar-refractivity contribution in [3.8, 4) is 10.6 Å². The number of likely N-dealkylation sites (N-methyl/N-ethyl adjacent to an activating group) is 1. The van der Waals surface area contributed by atoms with Gasteiger partial charge >= 0.3 is 0 Å². The molecular formula is C22H28N6O2S. The molecule has 8 nitrogen and oxygen atoms in total. The Balaban J connectivity index is 1.39. The van der Waals surface area contributed by atoms with Crippen LogP contribution in [0.25, 0.3) is 21.5 Å². The van der Waals surface area contributed by atoms with E-state index in [-0.39, 0.29) is 12.3 Å². The summed E-state index contributed by atoms with van der Waals surface area (Å²) in [5.41, 5.74) is 2.51. The number of likely N-dealkylation sites (tertiary alicyclic amines) is 1. The average Bonchev–Trinajstić information content (AvgIpc) is 3.23. The van der Waals surface area contributed by atoms with Crippen molar-refractivity contribution in [2.45, 2.75) is 32.2 Å². The number of hydrogen-bond donors (Lipinski definition) is 0. The van der Waals surface area contributed by atoms with E-state index in [4.69, 9.17) is 4.74 Å². The number of piperidine rings is 1. The number of rotatable bonds is 7. The van der Waals surface area contributed by atoms with Crippen LogP contribution in [0.15, 0.2) is 24.3 Å². The standard InChI is InChI=1S/C22H28N6O2S/c1-15-23-26-22(31-15)16-4-5-20-17(12-16)13-18(24-25-20)14-21(29)28-8-6-19(7-9-28)27(2)10-11-30-3/h4-5,12-13,19H,6-11,14H2,1-3H3. The minimum atomic E-state index is 0.113. The number of methoxy groups -OCH3 is 1. The number of hydrogen-bond acceptors (Lipinski definition) is 8. The minimum absolute atomic E-state index is 0.113. The first-order chi connectivity index (χ1) is 15.0. The van der Waals surface area contributed by atoms with Crippen molar-refractivity contribution in [3.63, 3.8) is 0 Å². The molecule has 0 bridgehead atoms.